The Balaban J connectivity index is 2.02. The third kappa shape index (κ3) is 6.72. The van der Waals surface area contributed by atoms with Crippen molar-refractivity contribution in [3.05, 3.63) is 59.7 Å². The molecule has 2 aromatic carbocycles. The Hall–Kier alpha value is -2.54. The van der Waals surface area contributed by atoms with Crippen LogP contribution in [0, 0.1) is 0 Å². The molecule has 0 saturated carbocycles. The van der Waals surface area contributed by atoms with Crippen LogP contribution in [0.4, 0.5) is 5.69 Å². The first-order valence-corrected chi connectivity index (χ1v) is 12.4. The van der Waals surface area contributed by atoms with Gasteiger partial charge in [-0.15, -0.1) is 0 Å². The van der Waals surface area contributed by atoms with Crippen LogP contribution in [0.25, 0.3) is 0 Å². The van der Waals surface area contributed by atoms with E-state index in [1.54, 1.807) is 19.1 Å². The SMILES string of the molecule is CCc1ccc(N([C@H](C)C(=O)NCCOc2ccccc2C(C)(C)C)S(C)(=O)=O)cc1. The molecule has 6 nitrogen and oxygen atoms in total. The van der Waals surface area contributed by atoms with Crippen molar-refractivity contribution >= 4 is 21.6 Å². The molecule has 1 amide bonds. The molecule has 0 saturated heterocycles. The number of amides is 1. The first-order chi connectivity index (χ1) is 14.4. The van der Waals surface area contributed by atoms with Crippen molar-refractivity contribution in [2.45, 2.75) is 52.5 Å². The summed E-state index contributed by atoms with van der Waals surface area (Å²) < 4.78 is 31.8. The Morgan fingerprint density at radius 3 is 2.26 bits per heavy atom. The number of para-hydroxylation sites is 1. The van der Waals surface area contributed by atoms with Gasteiger partial charge in [-0.2, -0.15) is 0 Å². The third-order valence-corrected chi connectivity index (χ3v) is 6.28. The van der Waals surface area contributed by atoms with E-state index in [1.165, 1.54) is 0 Å². The van der Waals surface area contributed by atoms with Crippen molar-refractivity contribution in [1.29, 1.82) is 0 Å². The minimum atomic E-state index is -3.64. The molecule has 1 atom stereocenters. The molecule has 0 aliphatic carbocycles. The second-order valence-corrected chi connectivity index (χ2v) is 10.5. The molecule has 7 heteroatoms. The van der Waals surface area contributed by atoms with Gasteiger partial charge in [0.1, 0.15) is 18.4 Å². The lowest BCUT2D eigenvalue weighted by atomic mass is 9.86. The predicted molar refractivity (Wildman–Crippen MR) is 126 cm³/mol. The summed E-state index contributed by atoms with van der Waals surface area (Å²) in [5.41, 5.74) is 2.60. The van der Waals surface area contributed by atoms with Crippen molar-refractivity contribution in [3.8, 4) is 5.75 Å². The normalized spacial score (nSPS) is 12.8. The average Bonchev–Trinajstić information content (AvgIpc) is 2.70. The quantitative estimate of drug-likeness (QED) is 0.593. The molecular weight excluding hydrogens is 412 g/mol. The highest BCUT2D eigenvalue weighted by atomic mass is 32.2. The van der Waals surface area contributed by atoms with Crippen molar-refractivity contribution in [2.24, 2.45) is 0 Å². The number of benzene rings is 2. The molecule has 2 rings (SSSR count). The number of sulfonamides is 1. The van der Waals surface area contributed by atoms with Crippen LogP contribution in [-0.2, 0) is 26.7 Å². The summed E-state index contributed by atoms with van der Waals surface area (Å²) in [6.45, 7) is 10.5. The smallest absolute Gasteiger partial charge is 0.243 e. The minimum Gasteiger partial charge on any atom is -0.491 e. The number of carbonyl (C=O) groups is 1. The lowest BCUT2D eigenvalue weighted by Crippen LogP contribution is -2.48. The van der Waals surface area contributed by atoms with Crippen LogP contribution < -0.4 is 14.4 Å². The number of hydrogen-bond acceptors (Lipinski definition) is 4. The van der Waals surface area contributed by atoms with E-state index in [1.807, 2.05) is 43.3 Å². The molecule has 0 aliphatic heterocycles. The fraction of sp³-hybridized carbons (Fsp3) is 0.458. The molecule has 1 N–H and O–H groups in total. The Bertz CT molecular complexity index is 979. The van der Waals surface area contributed by atoms with Crippen molar-refractivity contribution < 1.29 is 17.9 Å². The van der Waals surface area contributed by atoms with Gasteiger partial charge in [0.25, 0.3) is 0 Å². The van der Waals surface area contributed by atoms with E-state index in [9.17, 15) is 13.2 Å². The summed E-state index contributed by atoms with van der Waals surface area (Å²) in [6.07, 6.45) is 1.96. The topological polar surface area (TPSA) is 75.7 Å². The van der Waals surface area contributed by atoms with Crippen LogP contribution in [0.2, 0.25) is 0 Å². The second kappa shape index (κ2) is 10.2. The van der Waals surface area contributed by atoms with Crippen LogP contribution in [0.1, 0.15) is 45.7 Å². The van der Waals surface area contributed by atoms with E-state index in [4.69, 9.17) is 4.74 Å². The van der Waals surface area contributed by atoms with E-state index in [0.717, 1.165) is 33.9 Å². The summed E-state index contributed by atoms with van der Waals surface area (Å²) in [6, 6.07) is 14.2. The van der Waals surface area contributed by atoms with E-state index in [0.29, 0.717) is 5.69 Å². The summed E-state index contributed by atoms with van der Waals surface area (Å²) in [5.74, 6) is 0.406. The van der Waals surface area contributed by atoms with Gasteiger partial charge in [-0.1, -0.05) is 58.0 Å². The third-order valence-electron chi connectivity index (χ3n) is 5.04. The Kier molecular flexibility index (Phi) is 8.12. The highest BCUT2D eigenvalue weighted by Gasteiger charge is 2.29. The minimum absolute atomic E-state index is 0.0579. The maximum atomic E-state index is 12.7. The van der Waals surface area contributed by atoms with Crippen molar-refractivity contribution in [2.75, 3.05) is 23.7 Å². The summed E-state index contributed by atoms with van der Waals surface area (Å²) in [4.78, 5) is 12.7. The van der Waals surface area contributed by atoms with Crippen LogP contribution >= 0.6 is 0 Å². The van der Waals surface area contributed by atoms with E-state index in [-0.39, 0.29) is 24.5 Å². The number of aryl methyl sites for hydroxylation is 1. The Morgan fingerprint density at radius 2 is 1.71 bits per heavy atom. The molecule has 0 heterocycles. The molecule has 170 valence electrons. The molecule has 0 unspecified atom stereocenters. The zero-order valence-electron chi connectivity index (χ0n) is 19.3. The number of anilines is 1. The van der Waals surface area contributed by atoms with Crippen molar-refractivity contribution in [1.82, 2.24) is 5.32 Å². The highest BCUT2D eigenvalue weighted by Crippen LogP contribution is 2.30. The van der Waals surface area contributed by atoms with Gasteiger partial charge >= 0.3 is 0 Å². The van der Waals surface area contributed by atoms with Crippen LogP contribution in [0.15, 0.2) is 48.5 Å². The standard InChI is InChI=1S/C24H34N2O4S/c1-7-19-12-14-20(15-13-19)26(31(6,28)29)18(2)23(27)25-16-17-30-22-11-9-8-10-21(22)24(3,4)5/h8-15,18H,7,16-17H2,1-6H3,(H,25,27)/t18-/m1/s1. The van der Waals surface area contributed by atoms with Crippen LogP contribution in [-0.4, -0.2) is 39.8 Å². The molecule has 0 bridgehead atoms. The number of carbonyl (C=O) groups excluding carboxylic acids is 1. The van der Waals surface area contributed by atoms with Gasteiger partial charge in [0.15, 0.2) is 0 Å². The first kappa shape index (κ1) is 24.7. The molecule has 2 aromatic rings. The number of ether oxygens (including phenoxy) is 1. The van der Waals surface area contributed by atoms with Crippen LogP contribution in [0.3, 0.4) is 0 Å². The summed E-state index contributed by atoms with van der Waals surface area (Å²) in [7, 11) is -3.64. The molecule has 0 aromatic heterocycles. The zero-order valence-corrected chi connectivity index (χ0v) is 20.1. The van der Waals surface area contributed by atoms with Crippen molar-refractivity contribution in [3.63, 3.8) is 0 Å². The van der Waals surface area contributed by atoms with Gasteiger partial charge in [0.05, 0.1) is 18.5 Å². The average molecular weight is 447 g/mol. The first-order valence-electron chi connectivity index (χ1n) is 10.5. The highest BCUT2D eigenvalue weighted by molar-refractivity contribution is 7.92. The van der Waals surface area contributed by atoms with Gasteiger partial charge in [-0.25, -0.2) is 8.42 Å². The number of nitrogens with one attached hydrogen (secondary N) is 1. The summed E-state index contributed by atoms with van der Waals surface area (Å²) >= 11 is 0. The Morgan fingerprint density at radius 1 is 1.10 bits per heavy atom. The second-order valence-electron chi connectivity index (χ2n) is 8.64. The van der Waals surface area contributed by atoms with Crippen LogP contribution in [0.5, 0.6) is 5.75 Å². The molecule has 0 aliphatic rings. The number of nitrogens with zero attached hydrogens (tertiary/aromatic N) is 1. The fourth-order valence-corrected chi connectivity index (χ4v) is 4.56. The summed E-state index contributed by atoms with van der Waals surface area (Å²) in [5, 5.41) is 2.79. The van der Waals surface area contributed by atoms with Gasteiger partial charge in [-0.05, 0) is 48.1 Å². The van der Waals surface area contributed by atoms with Gasteiger partial charge in [0, 0.05) is 0 Å². The Labute approximate surface area is 186 Å². The lowest BCUT2D eigenvalue weighted by Gasteiger charge is -2.28. The molecule has 0 spiro atoms. The number of rotatable bonds is 9. The van der Waals surface area contributed by atoms with Gasteiger partial charge in [0.2, 0.25) is 15.9 Å². The largest absolute Gasteiger partial charge is 0.491 e. The molecular formula is C24H34N2O4S. The van der Waals surface area contributed by atoms with E-state index >= 15 is 0 Å². The van der Waals surface area contributed by atoms with E-state index < -0.39 is 16.1 Å². The zero-order chi connectivity index (χ0) is 23.2. The van der Waals surface area contributed by atoms with Gasteiger partial charge in [-0.3, -0.25) is 9.10 Å². The molecule has 31 heavy (non-hydrogen) atoms. The monoisotopic (exact) mass is 446 g/mol. The predicted octanol–water partition coefficient (Wildman–Crippen LogP) is 3.90. The maximum Gasteiger partial charge on any atom is 0.243 e. The molecule has 0 fully saturated rings. The fourth-order valence-electron chi connectivity index (χ4n) is 3.38. The maximum absolute atomic E-state index is 12.7. The molecule has 0 radical (unpaired) electrons. The van der Waals surface area contributed by atoms with Gasteiger partial charge < -0.3 is 10.1 Å². The van der Waals surface area contributed by atoms with E-state index in [2.05, 4.69) is 26.1 Å². The lowest BCUT2D eigenvalue weighted by molar-refractivity contribution is -0.121. The number of hydrogen-bond donors (Lipinski definition) is 1.